The van der Waals surface area contributed by atoms with Gasteiger partial charge in [0, 0.05) is 0 Å². The van der Waals surface area contributed by atoms with E-state index in [1.807, 2.05) is 12.1 Å². The summed E-state index contributed by atoms with van der Waals surface area (Å²) in [7, 11) is 0. The van der Waals surface area contributed by atoms with Crippen molar-refractivity contribution >= 4 is 0 Å². The first-order valence-electron chi connectivity index (χ1n) is 6.09. The highest BCUT2D eigenvalue weighted by Crippen LogP contribution is 2.33. The van der Waals surface area contributed by atoms with Gasteiger partial charge in [0.1, 0.15) is 11.7 Å². The Morgan fingerprint density at radius 3 is 1.47 bits per heavy atom. The van der Waals surface area contributed by atoms with E-state index >= 15 is 0 Å². The van der Waals surface area contributed by atoms with E-state index in [0.29, 0.717) is 11.1 Å². The highest BCUT2D eigenvalue weighted by molar-refractivity contribution is 5.37. The molecular formula is C15H18N2O2. The fourth-order valence-corrected chi connectivity index (χ4v) is 2.17. The van der Waals surface area contributed by atoms with E-state index in [1.54, 1.807) is 48.5 Å². The maximum atomic E-state index is 11.0. The topological polar surface area (TPSA) is 92.5 Å². The summed E-state index contributed by atoms with van der Waals surface area (Å²) >= 11 is 0. The maximum absolute atomic E-state index is 11.0. The molecular weight excluding hydrogens is 240 g/mol. The Kier molecular flexibility index (Phi) is 3.97. The van der Waals surface area contributed by atoms with Gasteiger partial charge in [0.25, 0.3) is 0 Å². The van der Waals surface area contributed by atoms with Gasteiger partial charge >= 0.3 is 0 Å². The predicted octanol–water partition coefficient (Wildman–Crippen LogP) is 0.527. The molecule has 4 heteroatoms. The molecule has 6 N–H and O–H groups in total. The fraction of sp³-hybridized carbons (Fsp3) is 0.200. The van der Waals surface area contributed by atoms with Crippen molar-refractivity contribution in [2.24, 2.45) is 11.5 Å². The van der Waals surface area contributed by atoms with Crippen molar-refractivity contribution in [3.05, 3.63) is 71.8 Å². The van der Waals surface area contributed by atoms with E-state index in [9.17, 15) is 10.2 Å². The molecule has 1 atom stereocenters. The van der Waals surface area contributed by atoms with E-state index in [1.165, 1.54) is 0 Å². The van der Waals surface area contributed by atoms with Crippen LogP contribution in [0.1, 0.15) is 11.1 Å². The van der Waals surface area contributed by atoms with Crippen LogP contribution in [0.5, 0.6) is 0 Å². The Balaban J connectivity index is 2.57. The van der Waals surface area contributed by atoms with Crippen LogP contribution in [0.3, 0.4) is 0 Å². The summed E-state index contributed by atoms with van der Waals surface area (Å²) < 4.78 is 0. The minimum Gasteiger partial charge on any atom is -0.386 e. The second-order valence-electron chi connectivity index (χ2n) is 4.52. The molecule has 2 rings (SSSR count). The molecule has 0 spiro atoms. The number of aliphatic hydroxyl groups excluding tert-OH is 1. The van der Waals surface area contributed by atoms with Gasteiger partial charge in [0.15, 0.2) is 0 Å². The minimum absolute atomic E-state index is 0.551. The third-order valence-electron chi connectivity index (χ3n) is 3.22. The van der Waals surface area contributed by atoms with Crippen LogP contribution in [-0.2, 0) is 5.60 Å². The van der Waals surface area contributed by atoms with Crippen molar-refractivity contribution < 1.29 is 10.2 Å². The van der Waals surface area contributed by atoms with Crippen LogP contribution in [0.15, 0.2) is 60.7 Å². The first kappa shape index (κ1) is 13.7. The lowest BCUT2D eigenvalue weighted by atomic mass is 9.80. The lowest BCUT2D eigenvalue weighted by molar-refractivity contribution is -0.0605. The Labute approximate surface area is 112 Å². The van der Waals surface area contributed by atoms with Gasteiger partial charge in [-0.05, 0) is 11.1 Å². The fourth-order valence-electron chi connectivity index (χ4n) is 2.17. The van der Waals surface area contributed by atoms with Gasteiger partial charge in [0.2, 0.25) is 0 Å². The summed E-state index contributed by atoms with van der Waals surface area (Å²) in [5.74, 6) is 0. The monoisotopic (exact) mass is 258 g/mol. The standard InChI is InChI=1S/C15H18N2O2/c16-14(17)13(18)15(19,11-7-3-1-4-8-11)12-9-5-2-6-10-12/h1-10,13-14,18-19H,16-17H2. The molecule has 0 saturated heterocycles. The van der Waals surface area contributed by atoms with Crippen LogP contribution in [0.25, 0.3) is 0 Å². The number of hydrogen-bond donors (Lipinski definition) is 4. The quantitative estimate of drug-likeness (QED) is 0.602. The minimum atomic E-state index is -1.63. The molecule has 4 nitrogen and oxygen atoms in total. The van der Waals surface area contributed by atoms with Gasteiger partial charge in [0.05, 0.1) is 6.17 Å². The largest absolute Gasteiger partial charge is 0.386 e. The summed E-state index contributed by atoms with van der Waals surface area (Å²) in [6.45, 7) is 0. The van der Waals surface area contributed by atoms with Gasteiger partial charge in [-0.25, -0.2) is 0 Å². The highest BCUT2D eigenvalue weighted by atomic mass is 16.3. The van der Waals surface area contributed by atoms with E-state index in [4.69, 9.17) is 11.5 Å². The zero-order valence-electron chi connectivity index (χ0n) is 10.5. The highest BCUT2D eigenvalue weighted by Gasteiger charge is 2.41. The summed E-state index contributed by atoms with van der Waals surface area (Å²) in [6.07, 6.45) is -2.36. The first-order valence-corrected chi connectivity index (χ1v) is 6.09. The molecule has 0 aliphatic rings. The number of rotatable bonds is 4. The third kappa shape index (κ3) is 2.52. The molecule has 0 bridgehead atoms. The molecule has 100 valence electrons. The first-order chi connectivity index (χ1) is 9.06. The number of aliphatic hydroxyl groups is 2. The molecule has 0 heterocycles. The van der Waals surface area contributed by atoms with Crippen LogP contribution >= 0.6 is 0 Å². The molecule has 0 radical (unpaired) electrons. The molecule has 0 aliphatic heterocycles. The van der Waals surface area contributed by atoms with E-state index in [-0.39, 0.29) is 0 Å². The van der Waals surface area contributed by atoms with E-state index in [0.717, 1.165) is 0 Å². The lowest BCUT2D eigenvalue weighted by Gasteiger charge is -2.35. The summed E-state index contributed by atoms with van der Waals surface area (Å²) in [5.41, 5.74) is 10.6. The molecule has 2 aromatic rings. The number of hydrogen-bond acceptors (Lipinski definition) is 4. The van der Waals surface area contributed by atoms with E-state index in [2.05, 4.69) is 0 Å². The molecule has 1 unspecified atom stereocenters. The van der Waals surface area contributed by atoms with Crippen molar-refractivity contribution in [2.75, 3.05) is 0 Å². The molecule has 19 heavy (non-hydrogen) atoms. The molecule has 0 aliphatic carbocycles. The zero-order valence-corrected chi connectivity index (χ0v) is 10.5. The van der Waals surface area contributed by atoms with Crippen molar-refractivity contribution in [3.8, 4) is 0 Å². The smallest absolute Gasteiger partial charge is 0.143 e. The number of benzene rings is 2. The van der Waals surface area contributed by atoms with Gasteiger partial charge in [-0.2, -0.15) is 0 Å². The average molecular weight is 258 g/mol. The van der Waals surface area contributed by atoms with Crippen molar-refractivity contribution in [1.82, 2.24) is 0 Å². The number of nitrogens with two attached hydrogens (primary N) is 2. The summed E-state index contributed by atoms with van der Waals surface area (Å²) in [4.78, 5) is 0. The molecule has 0 amide bonds. The maximum Gasteiger partial charge on any atom is 0.143 e. The van der Waals surface area contributed by atoms with Crippen LogP contribution in [-0.4, -0.2) is 22.5 Å². The Hall–Kier alpha value is -1.72. The second kappa shape index (κ2) is 5.50. The van der Waals surface area contributed by atoms with Crippen LogP contribution in [0, 0.1) is 0 Å². The second-order valence-corrected chi connectivity index (χ2v) is 4.52. The van der Waals surface area contributed by atoms with Crippen molar-refractivity contribution in [3.63, 3.8) is 0 Å². The Morgan fingerprint density at radius 2 is 1.16 bits per heavy atom. The van der Waals surface area contributed by atoms with Crippen LogP contribution < -0.4 is 11.5 Å². The van der Waals surface area contributed by atoms with Crippen LogP contribution in [0.2, 0.25) is 0 Å². The summed E-state index contributed by atoms with van der Waals surface area (Å²) in [5, 5.41) is 21.2. The normalized spacial score (nSPS) is 13.5. The van der Waals surface area contributed by atoms with Crippen molar-refractivity contribution in [2.45, 2.75) is 17.9 Å². The van der Waals surface area contributed by atoms with Gasteiger partial charge in [-0.15, -0.1) is 0 Å². The van der Waals surface area contributed by atoms with E-state index < -0.39 is 17.9 Å². The Morgan fingerprint density at radius 1 is 0.789 bits per heavy atom. The lowest BCUT2D eigenvalue weighted by Crippen LogP contribution is -2.55. The zero-order chi connectivity index (χ0) is 13.9. The Bertz CT molecular complexity index is 475. The molecule has 0 saturated carbocycles. The molecule has 2 aromatic carbocycles. The van der Waals surface area contributed by atoms with Gasteiger partial charge in [-0.3, -0.25) is 0 Å². The van der Waals surface area contributed by atoms with Crippen molar-refractivity contribution in [1.29, 1.82) is 0 Å². The van der Waals surface area contributed by atoms with Crippen LogP contribution in [0.4, 0.5) is 0 Å². The third-order valence-corrected chi connectivity index (χ3v) is 3.22. The molecule has 0 fully saturated rings. The molecule has 0 aromatic heterocycles. The summed E-state index contributed by atoms with van der Waals surface area (Å²) in [6, 6.07) is 17.8. The average Bonchev–Trinajstić information content (AvgIpc) is 2.47. The SMILES string of the molecule is NC(N)C(O)C(O)(c1ccccc1)c1ccccc1. The van der Waals surface area contributed by atoms with Gasteiger partial charge < -0.3 is 21.7 Å². The predicted molar refractivity (Wildman–Crippen MR) is 74.1 cm³/mol. The van der Waals surface area contributed by atoms with Gasteiger partial charge in [-0.1, -0.05) is 60.7 Å².